The summed E-state index contributed by atoms with van der Waals surface area (Å²) in [5, 5.41) is 22.2. The number of esters is 1. The molecule has 2 aromatic rings. The van der Waals surface area contributed by atoms with E-state index in [4.69, 9.17) is 4.74 Å². The average molecular weight is 481 g/mol. The number of methoxy groups -OCH3 is 1. The first-order valence-corrected chi connectivity index (χ1v) is 12.0. The van der Waals surface area contributed by atoms with Crippen LogP contribution in [0.1, 0.15) is 69.6 Å². The molecule has 4 unspecified atom stereocenters. The van der Waals surface area contributed by atoms with Gasteiger partial charge in [-0.2, -0.15) is 0 Å². The van der Waals surface area contributed by atoms with Crippen LogP contribution in [-0.4, -0.2) is 34.9 Å². The number of aryl methyl sites for hydroxylation is 6. The van der Waals surface area contributed by atoms with E-state index in [-0.39, 0.29) is 12.8 Å². The number of benzene rings is 2. The molecule has 6 heteroatoms. The predicted molar refractivity (Wildman–Crippen MR) is 133 cm³/mol. The fourth-order valence-electron chi connectivity index (χ4n) is 5.96. The number of carbonyl (C=O) groups excluding carboxylic acids is 3. The molecule has 4 atom stereocenters. The maximum absolute atomic E-state index is 13.6. The third kappa shape index (κ3) is 5.24. The highest BCUT2D eigenvalue weighted by Gasteiger charge is 2.48. The summed E-state index contributed by atoms with van der Waals surface area (Å²) < 4.78 is 4.90. The Bertz CT molecular complexity index is 1030. The first-order chi connectivity index (χ1) is 16.4. The monoisotopic (exact) mass is 480 g/mol. The van der Waals surface area contributed by atoms with E-state index in [1.54, 1.807) is 0 Å². The van der Waals surface area contributed by atoms with Crippen molar-refractivity contribution in [3.8, 4) is 0 Å². The molecular formula is C29H36O6. The van der Waals surface area contributed by atoms with Gasteiger partial charge in [-0.3, -0.25) is 14.4 Å². The van der Waals surface area contributed by atoms with Crippen LogP contribution in [0.15, 0.2) is 24.3 Å². The summed E-state index contributed by atoms with van der Waals surface area (Å²) in [4.78, 5) is 39.6. The van der Waals surface area contributed by atoms with Crippen molar-refractivity contribution in [2.24, 2.45) is 17.8 Å². The van der Waals surface area contributed by atoms with Crippen LogP contribution in [0.3, 0.4) is 0 Å². The summed E-state index contributed by atoms with van der Waals surface area (Å²) in [5.41, 5.74) is 6.27. The second kappa shape index (κ2) is 10.4. The van der Waals surface area contributed by atoms with Crippen molar-refractivity contribution in [1.82, 2.24) is 0 Å². The van der Waals surface area contributed by atoms with Gasteiger partial charge >= 0.3 is 5.97 Å². The van der Waals surface area contributed by atoms with Crippen molar-refractivity contribution >= 4 is 17.5 Å². The molecular weight excluding hydrogens is 444 g/mol. The molecule has 0 spiro atoms. The van der Waals surface area contributed by atoms with Crippen molar-refractivity contribution in [3.05, 3.63) is 68.8 Å². The summed E-state index contributed by atoms with van der Waals surface area (Å²) in [6, 6.07) is 7.61. The number of hydrogen-bond acceptors (Lipinski definition) is 6. The molecule has 0 aliphatic heterocycles. The van der Waals surface area contributed by atoms with Gasteiger partial charge in [0.15, 0.2) is 11.6 Å². The molecule has 0 amide bonds. The number of rotatable bonds is 7. The molecule has 1 aliphatic carbocycles. The highest BCUT2D eigenvalue weighted by atomic mass is 16.5. The van der Waals surface area contributed by atoms with Crippen LogP contribution in [-0.2, 0) is 19.1 Å². The Hall–Kier alpha value is -2.83. The minimum Gasteiger partial charge on any atom is -0.469 e. The minimum atomic E-state index is -1.42. The normalized spacial score (nSPS) is 21.5. The largest absolute Gasteiger partial charge is 0.469 e. The zero-order valence-corrected chi connectivity index (χ0v) is 21.6. The van der Waals surface area contributed by atoms with Crippen LogP contribution < -0.4 is 0 Å². The van der Waals surface area contributed by atoms with Gasteiger partial charge in [0, 0.05) is 11.8 Å². The Labute approximate surface area is 207 Å². The summed E-state index contributed by atoms with van der Waals surface area (Å²) in [6.07, 6.45) is -2.65. The van der Waals surface area contributed by atoms with E-state index >= 15 is 0 Å². The molecule has 1 fully saturated rings. The van der Waals surface area contributed by atoms with Crippen molar-refractivity contribution in [2.45, 2.75) is 66.6 Å². The third-order valence-corrected chi connectivity index (χ3v) is 7.39. The highest BCUT2D eigenvalue weighted by molar-refractivity contribution is 5.96. The Kier molecular flexibility index (Phi) is 7.97. The molecule has 35 heavy (non-hydrogen) atoms. The Morgan fingerprint density at radius 1 is 0.714 bits per heavy atom. The molecule has 6 nitrogen and oxygen atoms in total. The maximum Gasteiger partial charge on any atom is 0.308 e. The van der Waals surface area contributed by atoms with Gasteiger partial charge in [0.2, 0.25) is 0 Å². The van der Waals surface area contributed by atoms with Gasteiger partial charge in [-0.15, -0.1) is 0 Å². The Balaban J connectivity index is 1.98. The van der Waals surface area contributed by atoms with Crippen molar-refractivity contribution in [1.29, 1.82) is 0 Å². The smallest absolute Gasteiger partial charge is 0.308 e. The summed E-state index contributed by atoms with van der Waals surface area (Å²) in [7, 11) is 1.27. The maximum atomic E-state index is 13.6. The molecule has 3 rings (SSSR count). The van der Waals surface area contributed by atoms with E-state index in [2.05, 4.69) is 0 Å². The molecule has 0 saturated heterocycles. The van der Waals surface area contributed by atoms with Crippen LogP contribution in [0.5, 0.6) is 0 Å². The van der Waals surface area contributed by atoms with E-state index in [1.165, 1.54) is 7.11 Å². The van der Waals surface area contributed by atoms with Gasteiger partial charge in [0.1, 0.15) is 12.2 Å². The number of carbonyl (C=O) groups is 3. The number of hydrogen-bond donors (Lipinski definition) is 2. The molecule has 2 N–H and O–H groups in total. The zero-order valence-electron chi connectivity index (χ0n) is 21.6. The molecule has 0 heterocycles. The molecule has 1 aliphatic rings. The molecule has 0 bridgehead atoms. The van der Waals surface area contributed by atoms with E-state index in [0.29, 0.717) is 11.1 Å². The van der Waals surface area contributed by atoms with Gasteiger partial charge in [-0.25, -0.2) is 0 Å². The van der Waals surface area contributed by atoms with Gasteiger partial charge in [-0.1, -0.05) is 35.4 Å². The lowest BCUT2D eigenvalue weighted by atomic mass is 9.80. The lowest BCUT2D eigenvalue weighted by Gasteiger charge is -2.25. The van der Waals surface area contributed by atoms with Crippen LogP contribution in [0.4, 0.5) is 0 Å². The molecule has 1 saturated carbocycles. The van der Waals surface area contributed by atoms with Crippen molar-refractivity contribution < 1.29 is 29.3 Å². The quantitative estimate of drug-likeness (QED) is 0.575. The first kappa shape index (κ1) is 26.8. The van der Waals surface area contributed by atoms with Crippen LogP contribution in [0.2, 0.25) is 0 Å². The van der Waals surface area contributed by atoms with E-state index in [9.17, 15) is 24.6 Å². The first-order valence-electron chi connectivity index (χ1n) is 12.0. The van der Waals surface area contributed by atoms with Gasteiger partial charge < -0.3 is 14.9 Å². The molecule has 0 radical (unpaired) electrons. The van der Waals surface area contributed by atoms with Crippen LogP contribution in [0.25, 0.3) is 0 Å². The molecule has 2 aromatic carbocycles. The Morgan fingerprint density at radius 3 is 1.31 bits per heavy atom. The SMILES string of the molecule is COC(=O)C1CC(C(=O)C(O)c2c(C)cc(C)cc2C)C(C(=O)C(O)c2c(C)cc(C)cc2C)C1. The van der Waals surface area contributed by atoms with E-state index in [1.807, 2.05) is 65.8 Å². The fourth-order valence-corrected chi connectivity index (χ4v) is 5.96. The molecule has 0 aromatic heterocycles. The van der Waals surface area contributed by atoms with Gasteiger partial charge in [-0.05, 0) is 87.8 Å². The van der Waals surface area contributed by atoms with Crippen molar-refractivity contribution in [2.75, 3.05) is 7.11 Å². The molecule has 188 valence electrons. The Morgan fingerprint density at radius 2 is 1.03 bits per heavy atom. The topological polar surface area (TPSA) is 101 Å². The average Bonchev–Trinajstić information content (AvgIpc) is 3.21. The zero-order chi connectivity index (χ0) is 26.2. The minimum absolute atomic E-state index is 0.0987. The third-order valence-electron chi connectivity index (χ3n) is 7.39. The fraction of sp³-hybridized carbons (Fsp3) is 0.483. The number of aliphatic hydroxyl groups excluding tert-OH is 2. The summed E-state index contributed by atoms with van der Waals surface area (Å²) >= 11 is 0. The second-order valence-corrected chi connectivity index (χ2v) is 10.1. The number of ether oxygens (including phenoxy) is 1. The second-order valence-electron chi connectivity index (χ2n) is 10.1. The number of Topliss-reactive ketones (excluding diaryl/α,β-unsaturated/α-hetero) is 2. The predicted octanol–water partition coefficient (Wildman–Crippen LogP) is 4.26. The lowest BCUT2D eigenvalue weighted by Crippen LogP contribution is -2.33. The highest BCUT2D eigenvalue weighted by Crippen LogP contribution is 2.43. The van der Waals surface area contributed by atoms with E-state index < -0.39 is 47.5 Å². The number of ketones is 2. The summed E-state index contributed by atoms with van der Waals surface area (Å²) in [6.45, 7) is 11.3. The van der Waals surface area contributed by atoms with Gasteiger partial charge in [0.25, 0.3) is 0 Å². The van der Waals surface area contributed by atoms with E-state index in [0.717, 1.165) is 33.4 Å². The van der Waals surface area contributed by atoms with Gasteiger partial charge in [0.05, 0.1) is 13.0 Å². The standard InChI is InChI=1S/C29H36O6/c1-14-8-16(3)23(17(4)9-14)27(32)25(30)21-12-20(29(34)35-7)13-22(21)26(31)28(33)24-18(5)10-15(2)11-19(24)6/h8-11,20-22,27-28,32-33H,12-13H2,1-7H3. The van der Waals surface area contributed by atoms with Crippen LogP contribution in [0, 0.1) is 59.3 Å². The van der Waals surface area contributed by atoms with Crippen molar-refractivity contribution in [3.63, 3.8) is 0 Å². The lowest BCUT2D eigenvalue weighted by molar-refractivity contribution is -0.145. The number of aliphatic hydroxyl groups is 2. The summed E-state index contributed by atoms with van der Waals surface area (Å²) in [5.74, 6) is -3.95. The van der Waals surface area contributed by atoms with Crippen LogP contribution >= 0.6 is 0 Å².